The molecular weight excluding hydrogens is 320 g/mol. The monoisotopic (exact) mass is 360 g/mol. The van der Waals surface area contributed by atoms with Gasteiger partial charge in [-0.1, -0.05) is 12.2 Å². The van der Waals surface area contributed by atoms with E-state index in [1.54, 1.807) is 0 Å². The minimum Gasteiger partial charge on any atom is -0.387 e. The summed E-state index contributed by atoms with van der Waals surface area (Å²) in [6.07, 6.45) is 15.9. The van der Waals surface area contributed by atoms with Crippen LogP contribution in [-0.4, -0.2) is 67.2 Å². The molecule has 2 saturated heterocycles. The summed E-state index contributed by atoms with van der Waals surface area (Å²) in [5.41, 5.74) is 1.39. The lowest BCUT2D eigenvalue weighted by Crippen LogP contribution is -2.39. The van der Waals surface area contributed by atoms with E-state index in [-0.39, 0.29) is 0 Å². The summed E-state index contributed by atoms with van der Waals surface area (Å²) in [6.45, 7) is 12.0. The second-order valence-electron chi connectivity index (χ2n) is 8.48. The highest BCUT2D eigenvalue weighted by Crippen LogP contribution is 2.17. The molecule has 3 unspecified atom stereocenters. The number of rotatable bonds is 10. The smallest absolute Gasteiger partial charge is 0.0504 e. The first-order chi connectivity index (χ1) is 12.7. The lowest BCUT2D eigenvalue weighted by Gasteiger charge is -2.26. The number of hydrogen-bond acceptors (Lipinski definition) is 4. The third-order valence-corrected chi connectivity index (χ3v) is 6.50. The Morgan fingerprint density at radius 2 is 1.62 bits per heavy atom. The fourth-order valence-electron chi connectivity index (χ4n) is 4.73. The second-order valence-corrected chi connectivity index (χ2v) is 8.48. The molecule has 2 aliphatic heterocycles. The van der Waals surface area contributed by atoms with Gasteiger partial charge in [-0.2, -0.15) is 0 Å². The Morgan fingerprint density at radius 1 is 0.962 bits per heavy atom. The van der Waals surface area contributed by atoms with Crippen LogP contribution >= 0.6 is 0 Å². The van der Waals surface area contributed by atoms with E-state index in [4.69, 9.17) is 0 Å². The lowest BCUT2D eigenvalue weighted by molar-refractivity contribution is 0.262. The molecule has 3 atom stereocenters. The molecule has 1 aliphatic carbocycles. The highest BCUT2D eigenvalue weighted by atomic mass is 15.2. The largest absolute Gasteiger partial charge is 0.387 e. The summed E-state index contributed by atoms with van der Waals surface area (Å²) in [4.78, 5) is 5.29. The van der Waals surface area contributed by atoms with Crippen LogP contribution in [0.3, 0.4) is 0 Å². The van der Waals surface area contributed by atoms with E-state index in [9.17, 15) is 0 Å². The average Bonchev–Trinajstić information content (AvgIpc) is 3.25. The van der Waals surface area contributed by atoms with Crippen LogP contribution in [0.5, 0.6) is 0 Å². The van der Waals surface area contributed by atoms with Gasteiger partial charge in [0.05, 0.1) is 6.04 Å². The molecule has 0 saturated carbocycles. The van der Waals surface area contributed by atoms with Crippen molar-refractivity contribution in [1.82, 2.24) is 20.4 Å². The predicted octanol–water partition coefficient (Wildman–Crippen LogP) is 3.13. The van der Waals surface area contributed by atoms with Crippen molar-refractivity contribution in [1.29, 1.82) is 0 Å². The predicted molar refractivity (Wildman–Crippen MR) is 111 cm³/mol. The topological polar surface area (TPSA) is 30.5 Å². The third-order valence-electron chi connectivity index (χ3n) is 6.50. The minimum absolute atomic E-state index is 0.474. The Bertz CT molecular complexity index is 473. The van der Waals surface area contributed by atoms with Crippen molar-refractivity contribution >= 4 is 0 Å². The van der Waals surface area contributed by atoms with Crippen LogP contribution in [0.25, 0.3) is 0 Å². The van der Waals surface area contributed by atoms with Crippen LogP contribution in [-0.2, 0) is 0 Å². The van der Waals surface area contributed by atoms with E-state index in [1.165, 1.54) is 70.4 Å². The first kappa shape index (κ1) is 19.9. The van der Waals surface area contributed by atoms with Gasteiger partial charge in [0, 0.05) is 30.9 Å². The molecule has 0 spiro atoms. The molecule has 0 aromatic rings. The van der Waals surface area contributed by atoms with Crippen molar-refractivity contribution in [2.45, 2.75) is 76.9 Å². The summed E-state index contributed by atoms with van der Waals surface area (Å²) in [5, 5.41) is 7.49. The van der Waals surface area contributed by atoms with Crippen LogP contribution in [0.15, 0.2) is 23.9 Å². The van der Waals surface area contributed by atoms with Gasteiger partial charge in [-0.3, -0.25) is 0 Å². The summed E-state index contributed by atoms with van der Waals surface area (Å²) in [5.74, 6) is 0. The number of nitrogens with one attached hydrogen (secondary N) is 2. The van der Waals surface area contributed by atoms with E-state index in [0.29, 0.717) is 6.04 Å². The highest BCUT2D eigenvalue weighted by Gasteiger charge is 2.21. The Labute approximate surface area is 161 Å². The van der Waals surface area contributed by atoms with Crippen molar-refractivity contribution in [2.24, 2.45) is 0 Å². The normalized spacial score (nSPS) is 30.1. The molecule has 3 aliphatic rings. The maximum Gasteiger partial charge on any atom is 0.0504 e. The maximum atomic E-state index is 3.78. The van der Waals surface area contributed by atoms with Gasteiger partial charge in [0.15, 0.2) is 0 Å². The average molecular weight is 361 g/mol. The SMILES string of the molecule is CC1CCCN1CCCNC1=CC=CCC1NCCCN1CCCC1C. The fraction of sp³-hybridized carbons (Fsp3) is 0.818. The van der Waals surface area contributed by atoms with E-state index >= 15 is 0 Å². The van der Waals surface area contributed by atoms with Crippen LogP contribution in [0.4, 0.5) is 0 Å². The van der Waals surface area contributed by atoms with E-state index in [1.807, 2.05) is 0 Å². The zero-order chi connectivity index (χ0) is 18.2. The molecule has 148 valence electrons. The van der Waals surface area contributed by atoms with Gasteiger partial charge in [0.2, 0.25) is 0 Å². The van der Waals surface area contributed by atoms with Gasteiger partial charge in [-0.05, 0) is 91.0 Å². The van der Waals surface area contributed by atoms with Crippen molar-refractivity contribution in [2.75, 3.05) is 39.3 Å². The third kappa shape index (κ3) is 5.83. The minimum atomic E-state index is 0.474. The molecule has 26 heavy (non-hydrogen) atoms. The lowest BCUT2D eigenvalue weighted by atomic mass is 10.0. The first-order valence-corrected chi connectivity index (χ1v) is 11.1. The molecule has 4 nitrogen and oxygen atoms in total. The van der Waals surface area contributed by atoms with Crippen molar-refractivity contribution in [3.63, 3.8) is 0 Å². The van der Waals surface area contributed by atoms with E-state index in [2.05, 4.69) is 52.5 Å². The first-order valence-electron chi connectivity index (χ1n) is 11.1. The molecule has 0 aromatic heterocycles. The van der Waals surface area contributed by atoms with Gasteiger partial charge in [0.1, 0.15) is 0 Å². The van der Waals surface area contributed by atoms with Crippen molar-refractivity contribution in [3.05, 3.63) is 23.9 Å². The van der Waals surface area contributed by atoms with Crippen LogP contribution < -0.4 is 10.6 Å². The number of allylic oxidation sites excluding steroid dienone is 2. The standard InChI is InChI=1S/C22H40N4/c1-19-9-5-15-25(19)17-7-13-23-21-11-3-4-12-22(21)24-14-8-18-26-16-6-10-20(26)2/h3-4,11,19-20,22-24H,5-10,12-18H2,1-2H3. The van der Waals surface area contributed by atoms with Gasteiger partial charge in [-0.25, -0.2) is 0 Å². The molecule has 3 rings (SSSR count). The van der Waals surface area contributed by atoms with E-state index < -0.39 is 0 Å². The maximum absolute atomic E-state index is 3.78. The second kappa shape index (κ2) is 10.5. The van der Waals surface area contributed by atoms with Crippen molar-refractivity contribution < 1.29 is 0 Å². The Balaban J connectivity index is 1.30. The van der Waals surface area contributed by atoms with Gasteiger partial charge in [0.25, 0.3) is 0 Å². The van der Waals surface area contributed by atoms with Gasteiger partial charge in [-0.15, -0.1) is 0 Å². The summed E-state index contributed by atoms with van der Waals surface area (Å²) >= 11 is 0. The molecule has 2 fully saturated rings. The summed E-state index contributed by atoms with van der Waals surface area (Å²) in [7, 11) is 0. The van der Waals surface area contributed by atoms with Gasteiger partial charge < -0.3 is 20.4 Å². The zero-order valence-electron chi connectivity index (χ0n) is 17.1. The Kier molecular flexibility index (Phi) is 8.03. The zero-order valence-corrected chi connectivity index (χ0v) is 17.1. The fourth-order valence-corrected chi connectivity index (χ4v) is 4.73. The molecule has 0 aromatic carbocycles. The number of hydrogen-bond donors (Lipinski definition) is 2. The summed E-state index contributed by atoms with van der Waals surface area (Å²) in [6, 6.07) is 2.06. The molecule has 0 radical (unpaired) electrons. The molecule has 2 heterocycles. The number of nitrogens with zero attached hydrogens (tertiary/aromatic N) is 2. The van der Waals surface area contributed by atoms with Crippen molar-refractivity contribution in [3.8, 4) is 0 Å². The molecule has 2 N–H and O–H groups in total. The highest BCUT2D eigenvalue weighted by molar-refractivity contribution is 5.22. The molecule has 0 bridgehead atoms. The van der Waals surface area contributed by atoms with E-state index in [0.717, 1.165) is 31.6 Å². The number of likely N-dealkylation sites (tertiary alicyclic amines) is 2. The molecule has 4 heteroatoms. The Morgan fingerprint density at radius 3 is 2.23 bits per heavy atom. The van der Waals surface area contributed by atoms with Crippen LogP contribution in [0.2, 0.25) is 0 Å². The van der Waals surface area contributed by atoms with Crippen LogP contribution in [0, 0.1) is 0 Å². The van der Waals surface area contributed by atoms with Gasteiger partial charge >= 0.3 is 0 Å². The quantitative estimate of drug-likeness (QED) is 0.586. The Hall–Kier alpha value is -0.840. The molecule has 0 amide bonds. The molecular formula is C22H40N4. The summed E-state index contributed by atoms with van der Waals surface area (Å²) < 4.78 is 0. The van der Waals surface area contributed by atoms with Crippen LogP contribution in [0.1, 0.15) is 58.8 Å².